The van der Waals surface area contributed by atoms with Crippen LogP contribution in [0, 0.1) is 20.8 Å². The maximum Gasteiger partial charge on any atom is 0.256 e. The molecule has 186 valence electrons. The second-order valence-electron chi connectivity index (χ2n) is 9.36. The predicted octanol–water partition coefficient (Wildman–Crippen LogP) is 4.64. The molecule has 36 heavy (non-hydrogen) atoms. The summed E-state index contributed by atoms with van der Waals surface area (Å²) in [6.07, 6.45) is 0.469. The number of aryl methyl sites for hydroxylation is 3. The summed E-state index contributed by atoms with van der Waals surface area (Å²) < 4.78 is 31.5. The van der Waals surface area contributed by atoms with Crippen LogP contribution in [0.2, 0.25) is 0 Å². The minimum atomic E-state index is -3.13. The fourth-order valence-electron chi connectivity index (χ4n) is 4.70. The number of anilines is 1. The first-order valence-electron chi connectivity index (χ1n) is 11.8. The Morgan fingerprint density at radius 3 is 2.44 bits per heavy atom. The van der Waals surface area contributed by atoms with E-state index < -0.39 is 9.84 Å². The molecular weight excluding hydrogens is 476 g/mol. The zero-order chi connectivity index (χ0) is 25.6. The van der Waals surface area contributed by atoms with E-state index in [0.717, 1.165) is 16.7 Å². The van der Waals surface area contributed by atoms with Gasteiger partial charge in [0, 0.05) is 5.56 Å². The van der Waals surface area contributed by atoms with Crippen molar-refractivity contribution in [3.63, 3.8) is 0 Å². The fraction of sp³-hybridized carbons (Fsp3) is 0.296. The number of carbonyl (C=O) groups is 1. The molecule has 1 atom stereocenters. The van der Waals surface area contributed by atoms with Crippen molar-refractivity contribution in [1.29, 1.82) is 0 Å². The molecule has 1 amide bonds. The molecule has 1 unspecified atom stereocenters. The van der Waals surface area contributed by atoms with Crippen LogP contribution in [0.3, 0.4) is 0 Å². The number of ether oxygens (including phenoxy) is 1. The molecule has 1 fully saturated rings. The number of nitrogens with one attached hydrogen (secondary N) is 1. The molecule has 8 nitrogen and oxygen atoms in total. The van der Waals surface area contributed by atoms with Gasteiger partial charge >= 0.3 is 0 Å². The third kappa shape index (κ3) is 4.46. The summed E-state index contributed by atoms with van der Waals surface area (Å²) in [4.78, 5) is 18.6. The van der Waals surface area contributed by atoms with Crippen LogP contribution in [0.15, 0.2) is 48.5 Å². The number of benzene rings is 2. The van der Waals surface area contributed by atoms with Crippen molar-refractivity contribution in [1.82, 2.24) is 14.8 Å². The van der Waals surface area contributed by atoms with E-state index >= 15 is 0 Å². The van der Waals surface area contributed by atoms with Crippen molar-refractivity contribution in [2.45, 2.75) is 33.2 Å². The maximum absolute atomic E-state index is 13.7. The standard InChI is InChI=1S/C27H28N4O4S/c1-16-5-8-19(9-6-16)22-14-21(27(32)29-23-13-17(2)7-10-24(23)35-4)25-18(3)30-31(26(25)28-22)20-11-12-36(33,34)15-20/h5-10,13-14,20H,11-12,15H2,1-4H3,(H,29,32). The Balaban J connectivity index is 1.68. The first-order chi connectivity index (χ1) is 17.1. The van der Waals surface area contributed by atoms with Gasteiger partial charge in [-0.15, -0.1) is 0 Å². The number of carbonyl (C=O) groups excluding carboxylic acids is 1. The molecule has 1 N–H and O–H groups in total. The van der Waals surface area contributed by atoms with E-state index in [1.54, 1.807) is 17.9 Å². The number of nitrogens with zero attached hydrogens (tertiary/aromatic N) is 3. The monoisotopic (exact) mass is 504 g/mol. The summed E-state index contributed by atoms with van der Waals surface area (Å²) >= 11 is 0. The molecule has 9 heteroatoms. The van der Waals surface area contributed by atoms with Gasteiger partial charge in [-0.2, -0.15) is 5.10 Å². The van der Waals surface area contributed by atoms with Crippen LogP contribution >= 0.6 is 0 Å². The topological polar surface area (TPSA) is 103 Å². The Kier molecular flexibility index (Phi) is 6.04. The van der Waals surface area contributed by atoms with E-state index in [1.165, 1.54) is 0 Å². The molecular formula is C27H28N4O4S. The smallest absolute Gasteiger partial charge is 0.256 e. The van der Waals surface area contributed by atoms with Crippen molar-refractivity contribution >= 4 is 32.5 Å². The van der Waals surface area contributed by atoms with Gasteiger partial charge in [-0.1, -0.05) is 35.9 Å². The third-order valence-corrected chi connectivity index (χ3v) is 8.34. The summed E-state index contributed by atoms with van der Waals surface area (Å²) in [5, 5.41) is 8.27. The Morgan fingerprint density at radius 2 is 1.78 bits per heavy atom. The van der Waals surface area contributed by atoms with Crippen molar-refractivity contribution in [2.75, 3.05) is 23.9 Å². The summed E-state index contributed by atoms with van der Waals surface area (Å²) in [7, 11) is -1.57. The first kappa shape index (κ1) is 24.0. The van der Waals surface area contributed by atoms with Crippen LogP contribution in [0.25, 0.3) is 22.3 Å². The van der Waals surface area contributed by atoms with Gasteiger partial charge in [0.25, 0.3) is 5.91 Å². The fourth-order valence-corrected chi connectivity index (χ4v) is 6.39. The van der Waals surface area contributed by atoms with Gasteiger partial charge in [-0.05, 0) is 51.0 Å². The predicted molar refractivity (Wildman–Crippen MR) is 140 cm³/mol. The SMILES string of the molecule is COc1ccc(C)cc1NC(=O)c1cc(-c2ccc(C)cc2)nc2c1c(C)nn2C1CCS(=O)(=O)C1. The third-order valence-electron chi connectivity index (χ3n) is 6.59. The van der Waals surface area contributed by atoms with Gasteiger partial charge in [0.15, 0.2) is 15.5 Å². The summed E-state index contributed by atoms with van der Waals surface area (Å²) in [5.74, 6) is 0.376. The average molecular weight is 505 g/mol. The highest BCUT2D eigenvalue weighted by molar-refractivity contribution is 7.91. The number of hydrogen-bond acceptors (Lipinski definition) is 6. The van der Waals surface area contributed by atoms with Crippen molar-refractivity contribution in [2.24, 2.45) is 0 Å². The average Bonchev–Trinajstić information content (AvgIpc) is 3.37. The lowest BCUT2D eigenvalue weighted by Crippen LogP contribution is -2.15. The second-order valence-corrected chi connectivity index (χ2v) is 11.6. The van der Waals surface area contributed by atoms with E-state index in [9.17, 15) is 13.2 Å². The molecule has 2 aromatic heterocycles. The normalized spacial score (nSPS) is 16.8. The second kappa shape index (κ2) is 9.05. The van der Waals surface area contributed by atoms with Crippen LogP contribution in [-0.2, 0) is 9.84 Å². The number of rotatable bonds is 5. The van der Waals surface area contributed by atoms with E-state index in [2.05, 4.69) is 10.4 Å². The lowest BCUT2D eigenvalue weighted by Gasteiger charge is -2.14. The van der Waals surface area contributed by atoms with Crippen LogP contribution in [0.5, 0.6) is 5.75 Å². The first-order valence-corrected chi connectivity index (χ1v) is 13.6. The Hall–Kier alpha value is -3.72. The van der Waals surface area contributed by atoms with E-state index in [1.807, 2.05) is 63.2 Å². The highest BCUT2D eigenvalue weighted by Crippen LogP contribution is 2.33. The van der Waals surface area contributed by atoms with Gasteiger partial charge in [0.1, 0.15) is 5.75 Å². The number of hydrogen-bond donors (Lipinski definition) is 1. The number of aromatic nitrogens is 3. The molecule has 1 aliphatic rings. The quantitative estimate of drug-likeness (QED) is 0.425. The molecule has 3 heterocycles. The highest BCUT2D eigenvalue weighted by atomic mass is 32.2. The van der Waals surface area contributed by atoms with Gasteiger partial charge in [-0.25, -0.2) is 18.1 Å². The lowest BCUT2D eigenvalue weighted by atomic mass is 10.0. The molecule has 0 spiro atoms. The van der Waals surface area contributed by atoms with E-state index in [-0.39, 0.29) is 23.5 Å². The zero-order valence-corrected chi connectivity index (χ0v) is 21.5. The number of methoxy groups -OCH3 is 1. The van der Waals surface area contributed by atoms with Gasteiger partial charge in [-0.3, -0.25) is 4.79 Å². The minimum absolute atomic E-state index is 0.0156. The molecule has 0 radical (unpaired) electrons. The van der Waals surface area contributed by atoms with Crippen molar-refractivity contribution in [3.05, 3.63) is 70.9 Å². The Morgan fingerprint density at radius 1 is 1.06 bits per heavy atom. The van der Waals surface area contributed by atoms with Crippen molar-refractivity contribution < 1.29 is 17.9 Å². The molecule has 0 bridgehead atoms. The molecule has 2 aromatic carbocycles. The lowest BCUT2D eigenvalue weighted by molar-refractivity contribution is 0.102. The summed E-state index contributed by atoms with van der Waals surface area (Å²) in [6.45, 7) is 5.77. The van der Waals surface area contributed by atoms with Crippen LogP contribution < -0.4 is 10.1 Å². The molecule has 5 rings (SSSR count). The van der Waals surface area contributed by atoms with E-state index in [4.69, 9.17) is 9.72 Å². The number of fused-ring (bicyclic) bond motifs is 1. The Labute approximate surface area is 210 Å². The largest absolute Gasteiger partial charge is 0.495 e. The number of pyridine rings is 1. The molecule has 0 saturated carbocycles. The zero-order valence-electron chi connectivity index (χ0n) is 20.7. The minimum Gasteiger partial charge on any atom is -0.495 e. The Bertz CT molecular complexity index is 1590. The molecule has 1 saturated heterocycles. The number of amides is 1. The maximum atomic E-state index is 13.7. The van der Waals surface area contributed by atoms with Gasteiger partial charge < -0.3 is 10.1 Å². The molecule has 0 aliphatic carbocycles. The van der Waals surface area contributed by atoms with Crippen LogP contribution in [-0.4, -0.2) is 47.7 Å². The van der Waals surface area contributed by atoms with Crippen molar-refractivity contribution in [3.8, 4) is 17.0 Å². The molecule has 4 aromatic rings. The van der Waals surface area contributed by atoms with Gasteiger partial charge in [0.2, 0.25) is 0 Å². The van der Waals surface area contributed by atoms with Crippen LogP contribution in [0.4, 0.5) is 5.69 Å². The van der Waals surface area contributed by atoms with E-state index in [0.29, 0.717) is 45.8 Å². The highest BCUT2D eigenvalue weighted by Gasteiger charge is 2.32. The number of sulfone groups is 1. The van der Waals surface area contributed by atoms with Gasteiger partial charge in [0.05, 0.1) is 52.7 Å². The summed E-state index contributed by atoms with van der Waals surface area (Å²) in [5.41, 5.74) is 5.69. The summed E-state index contributed by atoms with van der Waals surface area (Å²) in [6, 6.07) is 14.9. The molecule has 1 aliphatic heterocycles. The van der Waals surface area contributed by atoms with Crippen LogP contribution in [0.1, 0.15) is 39.6 Å².